The minimum Gasteiger partial charge on any atom is -0.380 e. The monoisotopic (exact) mass is 259 g/mol. The van der Waals surface area contributed by atoms with Gasteiger partial charge in [0, 0.05) is 5.38 Å². The van der Waals surface area contributed by atoms with Crippen molar-refractivity contribution in [2.45, 2.75) is 6.10 Å². The zero-order valence-electron chi connectivity index (χ0n) is 9.21. The number of aliphatic hydroxyl groups excluding tert-OH is 1. The van der Waals surface area contributed by atoms with Gasteiger partial charge in [0.1, 0.15) is 11.8 Å². The van der Waals surface area contributed by atoms with Crippen molar-refractivity contribution in [3.05, 3.63) is 53.3 Å². The highest BCUT2D eigenvalue weighted by atomic mass is 32.1. The van der Waals surface area contributed by atoms with Crippen molar-refractivity contribution in [1.29, 1.82) is 0 Å². The lowest BCUT2D eigenvalue weighted by atomic mass is 10.2. The summed E-state index contributed by atoms with van der Waals surface area (Å²) in [6.45, 7) is 0. The van der Waals surface area contributed by atoms with E-state index in [1.54, 1.807) is 10.1 Å². The molecule has 0 spiro atoms. The summed E-state index contributed by atoms with van der Waals surface area (Å²) in [5.74, 6) is 0. The van der Waals surface area contributed by atoms with E-state index in [9.17, 15) is 5.11 Å². The first-order valence-electron chi connectivity index (χ1n) is 5.27. The molecule has 2 aromatic heterocycles. The Morgan fingerprint density at radius 2 is 2.06 bits per heavy atom. The predicted molar refractivity (Wildman–Crippen MR) is 65.3 cm³/mol. The Balaban J connectivity index is 2.02. The third-order valence-corrected chi connectivity index (χ3v) is 3.04. The maximum absolute atomic E-state index is 10.2. The van der Waals surface area contributed by atoms with E-state index in [0.29, 0.717) is 11.4 Å². The third kappa shape index (κ3) is 1.89. The first-order valence-corrected chi connectivity index (χ1v) is 6.11. The molecule has 0 saturated carbocycles. The van der Waals surface area contributed by atoms with Crippen molar-refractivity contribution in [2.75, 3.05) is 0 Å². The summed E-state index contributed by atoms with van der Waals surface area (Å²) in [6.07, 6.45) is 0.649. The van der Waals surface area contributed by atoms with E-state index in [-0.39, 0.29) is 0 Å². The minimum absolute atomic E-state index is 0.500. The van der Waals surface area contributed by atoms with E-state index in [4.69, 9.17) is 0 Å². The Morgan fingerprint density at radius 1 is 1.22 bits per heavy atom. The number of nitrogens with zero attached hydrogens (tertiary/aromatic N) is 5. The largest absolute Gasteiger partial charge is 0.380 e. The summed E-state index contributed by atoms with van der Waals surface area (Å²) in [7, 11) is 0. The van der Waals surface area contributed by atoms with Crippen molar-refractivity contribution in [3.63, 3.8) is 0 Å². The van der Waals surface area contributed by atoms with Crippen molar-refractivity contribution >= 4 is 11.5 Å². The zero-order valence-corrected chi connectivity index (χ0v) is 10.0. The summed E-state index contributed by atoms with van der Waals surface area (Å²) < 4.78 is 5.32. The minimum atomic E-state index is -0.876. The first kappa shape index (κ1) is 11.0. The number of aliphatic hydroxyl groups is 1. The Kier molecular flexibility index (Phi) is 2.83. The molecule has 0 fully saturated rings. The van der Waals surface area contributed by atoms with E-state index in [0.717, 1.165) is 5.69 Å². The second-order valence-electron chi connectivity index (χ2n) is 3.64. The number of hydrogen-bond acceptors (Lipinski definition) is 6. The quantitative estimate of drug-likeness (QED) is 0.764. The Bertz CT molecular complexity index is 622. The smallest absolute Gasteiger partial charge is 0.142 e. The normalized spacial score (nSPS) is 12.5. The van der Waals surface area contributed by atoms with E-state index in [2.05, 4.69) is 19.9 Å². The Hall–Kier alpha value is -2.12. The van der Waals surface area contributed by atoms with E-state index >= 15 is 0 Å². The molecule has 3 aromatic rings. The molecule has 90 valence electrons. The zero-order chi connectivity index (χ0) is 12.4. The van der Waals surface area contributed by atoms with Crippen LogP contribution < -0.4 is 0 Å². The van der Waals surface area contributed by atoms with Gasteiger partial charge in [-0.2, -0.15) is 0 Å². The molecule has 0 bridgehead atoms. The van der Waals surface area contributed by atoms with Gasteiger partial charge in [0.05, 0.1) is 17.6 Å². The molecule has 1 aromatic carbocycles. The topological polar surface area (TPSA) is 76.7 Å². The second kappa shape index (κ2) is 4.63. The number of hydrogen-bond donors (Lipinski definition) is 1. The van der Waals surface area contributed by atoms with Crippen LogP contribution in [0.1, 0.15) is 17.5 Å². The Labute approximate surface area is 107 Å². The van der Waals surface area contributed by atoms with Crippen LogP contribution in [0.15, 0.2) is 41.9 Å². The van der Waals surface area contributed by atoms with Crippen LogP contribution in [0.2, 0.25) is 0 Å². The van der Waals surface area contributed by atoms with Gasteiger partial charge in [-0.25, -0.2) is 4.68 Å². The predicted octanol–water partition coefficient (Wildman–Crippen LogP) is 1.20. The van der Waals surface area contributed by atoms with Crippen LogP contribution in [-0.4, -0.2) is 29.7 Å². The number of benzene rings is 1. The SMILES string of the molecule is OC(c1csnn1)c1cnnn1-c1ccccc1. The van der Waals surface area contributed by atoms with Gasteiger partial charge < -0.3 is 5.11 Å². The highest BCUT2D eigenvalue weighted by molar-refractivity contribution is 7.03. The van der Waals surface area contributed by atoms with Crippen LogP contribution in [-0.2, 0) is 0 Å². The molecule has 1 atom stereocenters. The molecular formula is C11H9N5OS. The first-order chi connectivity index (χ1) is 8.86. The summed E-state index contributed by atoms with van der Waals surface area (Å²) in [6, 6.07) is 9.50. The lowest BCUT2D eigenvalue weighted by Crippen LogP contribution is -2.08. The van der Waals surface area contributed by atoms with Gasteiger partial charge in [-0.3, -0.25) is 0 Å². The third-order valence-electron chi connectivity index (χ3n) is 2.51. The second-order valence-corrected chi connectivity index (χ2v) is 4.25. The molecule has 18 heavy (non-hydrogen) atoms. The van der Waals surface area contributed by atoms with Gasteiger partial charge in [0.25, 0.3) is 0 Å². The summed E-state index contributed by atoms with van der Waals surface area (Å²) in [5, 5.41) is 23.6. The van der Waals surface area contributed by atoms with Crippen molar-refractivity contribution in [1.82, 2.24) is 24.6 Å². The van der Waals surface area contributed by atoms with E-state index in [1.165, 1.54) is 17.7 Å². The fourth-order valence-electron chi connectivity index (χ4n) is 1.64. The van der Waals surface area contributed by atoms with Crippen molar-refractivity contribution in [3.8, 4) is 5.69 Å². The number of para-hydroxylation sites is 1. The molecule has 0 saturated heterocycles. The van der Waals surface area contributed by atoms with Gasteiger partial charge in [-0.05, 0) is 23.7 Å². The van der Waals surface area contributed by atoms with Crippen molar-refractivity contribution in [2.24, 2.45) is 0 Å². The summed E-state index contributed by atoms with van der Waals surface area (Å²) >= 11 is 1.20. The fourth-order valence-corrected chi connectivity index (χ4v) is 2.11. The molecule has 1 N–H and O–H groups in total. The molecule has 2 heterocycles. The van der Waals surface area contributed by atoms with Crippen LogP contribution in [0.4, 0.5) is 0 Å². The fraction of sp³-hybridized carbons (Fsp3) is 0.0909. The molecule has 0 radical (unpaired) electrons. The molecule has 6 nitrogen and oxygen atoms in total. The van der Waals surface area contributed by atoms with Gasteiger partial charge in [0.15, 0.2) is 0 Å². The van der Waals surface area contributed by atoms with Gasteiger partial charge in [-0.1, -0.05) is 27.9 Å². The maximum atomic E-state index is 10.2. The van der Waals surface area contributed by atoms with Crippen LogP contribution in [0.25, 0.3) is 5.69 Å². The van der Waals surface area contributed by atoms with Crippen molar-refractivity contribution < 1.29 is 5.11 Å². The number of aromatic nitrogens is 5. The molecule has 0 amide bonds. The molecule has 0 aliphatic heterocycles. The Morgan fingerprint density at radius 3 is 2.78 bits per heavy atom. The van der Waals surface area contributed by atoms with Gasteiger partial charge >= 0.3 is 0 Å². The van der Waals surface area contributed by atoms with Gasteiger partial charge in [0.2, 0.25) is 0 Å². The molecular weight excluding hydrogens is 250 g/mol. The highest BCUT2D eigenvalue weighted by Gasteiger charge is 2.19. The van der Waals surface area contributed by atoms with Crippen LogP contribution >= 0.6 is 11.5 Å². The lowest BCUT2D eigenvalue weighted by Gasteiger charge is -2.09. The van der Waals surface area contributed by atoms with Crippen LogP contribution in [0, 0.1) is 0 Å². The standard InChI is InChI=1S/C11H9N5OS/c17-11(9-7-18-15-13-9)10-6-12-14-16(10)8-4-2-1-3-5-8/h1-7,11,17H. The molecule has 0 aliphatic rings. The van der Waals surface area contributed by atoms with Gasteiger partial charge in [-0.15, -0.1) is 10.2 Å². The summed E-state index contributed by atoms with van der Waals surface area (Å²) in [5.41, 5.74) is 1.90. The molecule has 0 aliphatic carbocycles. The molecule has 1 unspecified atom stereocenters. The average Bonchev–Trinajstić information content (AvgIpc) is 3.10. The number of rotatable bonds is 3. The highest BCUT2D eigenvalue weighted by Crippen LogP contribution is 2.21. The van der Waals surface area contributed by atoms with E-state index < -0.39 is 6.10 Å². The summed E-state index contributed by atoms with van der Waals surface area (Å²) in [4.78, 5) is 0. The van der Waals surface area contributed by atoms with Crippen LogP contribution in [0.5, 0.6) is 0 Å². The maximum Gasteiger partial charge on any atom is 0.142 e. The van der Waals surface area contributed by atoms with E-state index in [1.807, 2.05) is 30.3 Å². The lowest BCUT2D eigenvalue weighted by molar-refractivity contribution is 0.207. The van der Waals surface area contributed by atoms with Crippen LogP contribution in [0.3, 0.4) is 0 Å². The molecule has 3 rings (SSSR count). The molecule has 7 heteroatoms. The average molecular weight is 259 g/mol.